The lowest BCUT2D eigenvalue weighted by molar-refractivity contribution is 0.160. The van der Waals surface area contributed by atoms with Gasteiger partial charge in [0.1, 0.15) is 6.10 Å². The molecule has 156 valence electrons. The van der Waals surface area contributed by atoms with E-state index in [2.05, 4.69) is 50.2 Å². The second kappa shape index (κ2) is 8.47. The van der Waals surface area contributed by atoms with E-state index >= 15 is 0 Å². The number of carbonyl (C=O) groups is 1. The highest BCUT2D eigenvalue weighted by atomic mass is 79.9. The van der Waals surface area contributed by atoms with Gasteiger partial charge in [-0.05, 0) is 47.0 Å². The van der Waals surface area contributed by atoms with Gasteiger partial charge in [-0.3, -0.25) is 4.57 Å². The first kappa shape index (κ1) is 20.4. The molecular formula is C22H23BrN4O3. The minimum Gasteiger partial charge on any atom is -0.473 e. The quantitative estimate of drug-likeness (QED) is 0.554. The molecule has 7 nitrogen and oxygen atoms in total. The Labute approximate surface area is 183 Å². The van der Waals surface area contributed by atoms with Crippen LogP contribution in [0.5, 0.6) is 11.9 Å². The number of aryl methyl sites for hydroxylation is 1. The van der Waals surface area contributed by atoms with Gasteiger partial charge in [-0.15, -0.1) is 0 Å². The molecule has 3 aromatic rings. The van der Waals surface area contributed by atoms with Crippen molar-refractivity contribution in [1.82, 2.24) is 19.4 Å². The minimum atomic E-state index is -0.463. The van der Waals surface area contributed by atoms with E-state index in [0.717, 1.165) is 28.7 Å². The largest absolute Gasteiger partial charge is 0.473 e. The number of pyridine rings is 1. The molecule has 4 rings (SSSR count). The SMILES string of the molecule is CCN(C)C(=O)Oc1nccn1-c1cc(Br)c(OC2Cc3ccccc3C2)nc1C. The zero-order valence-corrected chi connectivity index (χ0v) is 18.7. The fraction of sp³-hybridized carbons (Fsp3) is 0.318. The third kappa shape index (κ3) is 4.05. The molecule has 0 atom stereocenters. The van der Waals surface area contributed by atoms with Crippen molar-refractivity contribution >= 4 is 22.0 Å². The van der Waals surface area contributed by atoms with E-state index < -0.39 is 6.09 Å². The summed E-state index contributed by atoms with van der Waals surface area (Å²) in [4.78, 5) is 22.4. The number of ether oxygens (including phenoxy) is 2. The molecule has 30 heavy (non-hydrogen) atoms. The standard InChI is InChI=1S/C22H23BrN4O3/c1-4-26(3)22(28)30-21-24-9-10-27(21)19-13-18(23)20(25-14(19)2)29-17-11-15-7-5-6-8-16(15)12-17/h5-10,13,17H,4,11-12H2,1-3H3. The molecule has 0 fully saturated rings. The zero-order chi connectivity index (χ0) is 21.3. The van der Waals surface area contributed by atoms with Crippen molar-refractivity contribution < 1.29 is 14.3 Å². The number of fused-ring (bicyclic) bond motifs is 1. The molecule has 1 aliphatic rings. The summed E-state index contributed by atoms with van der Waals surface area (Å²) in [6, 6.07) is 10.5. The molecule has 0 unspecified atom stereocenters. The number of amides is 1. The highest BCUT2D eigenvalue weighted by Gasteiger charge is 2.24. The molecule has 1 amide bonds. The monoisotopic (exact) mass is 470 g/mol. The predicted molar refractivity (Wildman–Crippen MR) is 116 cm³/mol. The van der Waals surface area contributed by atoms with Gasteiger partial charge in [-0.1, -0.05) is 24.3 Å². The lowest BCUT2D eigenvalue weighted by atomic mass is 10.1. The van der Waals surface area contributed by atoms with Crippen molar-refractivity contribution in [3.8, 4) is 17.6 Å². The molecule has 2 aromatic heterocycles. The van der Waals surface area contributed by atoms with E-state index in [0.29, 0.717) is 12.4 Å². The number of hydrogen-bond acceptors (Lipinski definition) is 5. The Kier molecular flexibility index (Phi) is 5.76. The van der Waals surface area contributed by atoms with Gasteiger partial charge >= 0.3 is 12.1 Å². The fourth-order valence-electron chi connectivity index (χ4n) is 3.47. The van der Waals surface area contributed by atoms with Crippen molar-refractivity contribution in [3.63, 3.8) is 0 Å². The van der Waals surface area contributed by atoms with Crippen LogP contribution in [-0.2, 0) is 12.8 Å². The Morgan fingerprint density at radius 3 is 2.67 bits per heavy atom. The van der Waals surface area contributed by atoms with Crippen LogP contribution in [0.25, 0.3) is 5.69 Å². The summed E-state index contributed by atoms with van der Waals surface area (Å²) < 4.78 is 14.1. The summed E-state index contributed by atoms with van der Waals surface area (Å²) in [5.74, 6) is 0.554. The minimum absolute atomic E-state index is 0.0609. The maximum atomic E-state index is 12.1. The summed E-state index contributed by atoms with van der Waals surface area (Å²) in [7, 11) is 1.67. The Balaban J connectivity index is 1.54. The van der Waals surface area contributed by atoms with Crippen LogP contribution in [0.15, 0.2) is 47.2 Å². The van der Waals surface area contributed by atoms with Gasteiger partial charge in [0.25, 0.3) is 0 Å². The van der Waals surface area contributed by atoms with E-state index in [1.54, 1.807) is 24.0 Å². The number of carbonyl (C=O) groups excluding carboxylic acids is 1. The van der Waals surface area contributed by atoms with Crippen molar-refractivity contribution in [1.29, 1.82) is 0 Å². The van der Waals surface area contributed by atoms with Crippen LogP contribution in [0.4, 0.5) is 4.79 Å². The number of benzene rings is 1. The van der Waals surface area contributed by atoms with Crippen molar-refractivity contribution in [3.05, 3.63) is 64.0 Å². The summed E-state index contributed by atoms with van der Waals surface area (Å²) in [6.07, 6.45) is 4.66. The van der Waals surface area contributed by atoms with E-state index in [1.165, 1.54) is 16.0 Å². The van der Waals surface area contributed by atoms with Gasteiger partial charge in [0.05, 0.1) is 15.9 Å². The van der Waals surface area contributed by atoms with Crippen LogP contribution < -0.4 is 9.47 Å². The van der Waals surface area contributed by atoms with Crippen molar-refractivity contribution in [2.75, 3.05) is 13.6 Å². The van der Waals surface area contributed by atoms with Gasteiger partial charge < -0.3 is 14.4 Å². The Morgan fingerprint density at radius 2 is 2.00 bits per heavy atom. The Bertz CT molecular complexity index is 1060. The van der Waals surface area contributed by atoms with Gasteiger partial charge in [0, 0.05) is 38.8 Å². The molecular weight excluding hydrogens is 448 g/mol. The van der Waals surface area contributed by atoms with Gasteiger partial charge in [0.15, 0.2) is 0 Å². The molecule has 0 saturated carbocycles. The molecule has 2 heterocycles. The number of nitrogens with zero attached hydrogens (tertiary/aromatic N) is 4. The second-order valence-electron chi connectivity index (χ2n) is 7.26. The summed E-state index contributed by atoms with van der Waals surface area (Å²) in [5.41, 5.74) is 4.15. The Hall–Kier alpha value is -2.87. The third-order valence-electron chi connectivity index (χ3n) is 5.23. The van der Waals surface area contributed by atoms with Crippen molar-refractivity contribution in [2.24, 2.45) is 0 Å². The van der Waals surface area contributed by atoms with Gasteiger partial charge in [0.2, 0.25) is 5.88 Å². The second-order valence-corrected chi connectivity index (χ2v) is 8.11. The maximum Gasteiger partial charge on any atom is 0.417 e. The molecule has 1 aliphatic carbocycles. The van der Waals surface area contributed by atoms with E-state index in [-0.39, 0.29) is 12.1 Å². The van der Waals surface area contributed by atoms with Crippen molar-refractivity contribution in [2.45, 2.75) is 32.8 Å². The molecule has 0 bridgehead atoms. The number of imidazole rings is 1. The summed E-state index contributed by atoms with van der Waals surface area (Å²) in [5, 5.41) is 0. The topological polar surface area (TPSA) is 69.5 Å². The Morgan fingerprint density at radius 1 is 1.30 bits per heavy atom. The normalized spacial score (nSPS) is 13.2. The smallest absolute Gasteiger partial charge is 0.417 e. The predicted octanol–water partition coefficient (Wildman–Crippen LogP) is 4.33. The number of hydrogen-bond donors (Lipinski definition) is 0. The molecule has 0 saturated heterocycles. The molecule has 0 N–H and O–H groups in total. The van der Waals surface area contributed by atoms with Crippen LogP contribution in [-0.4, -0.2) is 45.2 Å². The maximum absolute atomic E-state index is 12.1. The lowest BCUT2D eigenvalue weighted by Gasteiger charge is -2.17. The van der Waals surface area contributed by atoms with Crippen LogP contribution in [0, 0.1) is 6.92 Å². The van der Waals surface area contributed by atoms with Crippen LogP contribution >= 0.6 is 15.9 Å². The summed E-state index contributed by atoms with van der Waals surface area (Å²) in [6.45, 7) is 4.31. The van der Waals surface area contributed by atoms with Crippen LogP contribution in [0.2, 0.25) is 0 Å². The molecule has 0 spiro atoms. The molecule has 0 radical (unpaired) electrons. The first-order valence-electron chi connectivity index (χ1n) is 9.83. The highest BCUT2D eigenvalue weighted by molar-refractivity contribution is 9.10. The van der Waals surface area contributed by atoms with Gasteiger partial charge in [-0.25, -0.2) is 14.8 Å². The lowest BCUT2D eigenvalue weighted by Crippen LogP contribution is -2.30. The number of rotatable bonds is 5. The first-order chi connectivity index (χ1) is 14.5. The average molecular weight is 471 g/mol. The number of aromatic nitrogens is 3. The first-order valence-corrected chi connectivity index (χ1v) is 10.6. The van der Waals surface area contributed by atoms with Crippen LogP contribution in [0.3, 0.4) is 0 Å². The van der Waals surface area contributed by atoms with E-state index in [4.69, 9.17) is 9.47 Å². The molecule has 8 heteroatoms. The number of halogens is 1. The zero-order valence-electron chi connectivity index (χ0n) is 17.1. The van der Waals surface area contributed by atoms with Gasteiger partial charge in [-0.2, -0.15) is 0 Å². The molecule has 0 aliphatic heterocycles. The summed E-state index contributed by atoms with van der Waals surface area (Å²) >= 11 is 3.58. The van der Waals surface area contributed by atoms with E-state index in [1.807, 2.05) is 19.9 Å². The van der Waals surface area contributed by atoms with Crippen LogP contribution in [0.1, 0.15) is 23.7 Å². The third-order valence-corrected chi connectivity index (χ3v) is 5.80. The highest BCUT2D eigenvalue weighted by Crippen LogP contribution is 2.32. The average Bonchev–Trinajstić information content (AvgIpc) is 3.36. The molecule has 1 aromatic carbocycles. The fourth-order valence-corrected chi connectivity index (χ4v) is 3.87. The van der Waals surface area contributed by atoms with E-state index in [9.17, 15) is 4.79 Å².